The summed E-state index contributed by atoms with van der Waals surface area (Å²) >= 11 is 0. The van der Waals surface area contributed by atoms with E-state index in [1.807, 2.05) is 47.4 Å². The lowest BCUT2D eigenvalue weighted by Gasteiger charge is -2.24. The summed E-state index contributed by atoms with van der Waals surface area (Å²) in [6.45, 7) is 0.500. The summed E-state index contributed by atoms with van der Waals surface area (Å²) in [7, 11) is 0. The van der Waals surface area contributed by atoms with E-state index in [9.17, 15) is 14.9 Å². The van der Waals surface area contributed by atoms with Crippen molar-refractivity contribution >= 4 is 28.7 Å². The number of nitro groups is 1. The number of hydrogen-bond acceptors (Lipinski definition) is 6. The second-order valence-electron chi connectivity index (χ2n) is 6.58. The highest BCUT2D eigenvalue weighted by Crippen LogP contribution is 2.30. The van der Waals surface area contributed by atoms with E-state index in [4.69, 9.17) is 11.0 Å². The van der Waals surface area contributed by atoms with Gasteiger partial charge in [0, 0.05) is 24.0 Å². The minimum atomic E-state index is -0.540. The van der Waals surface area contributed by atoms with Gasteiger partial charge in [0.1, 0.15) is 5.69 Å². The van der Waals surface area contributed by atoms with Crippen LogP contribution in [0.25, 0.3) is 0 Å². The van der Waals surface area contributed by atoms with Crippen molar-refractivity contribution in [3.05, 3.63) is 94.0 Å². The molecule has 1 amide bonds. The monoisotopic (exact) mass is 401 g/mol. The van der Waals surface area contributed by atoms with Crippen LogP contribution in [0.5, 0.6) is 0 Å². The first-order chi connectivity index (χ1) is 14.5. The minimum absolute atomic E-state index is 0.0232. The molecule has 3 aromatic carbocycles. The summed E-state index contributed by atoms with van der Waals surface area (Å²) in [5.74, 6) is -0.466. The number of carbonyl (C=O) groups excluding carboxylic acids is 1. The number of hydrogen-bond donors (Lipinski definition) is 2. The lowest BCUT2D eigenvalue weighted by molar-refractivity contribution is -0.383. The average Bonchev–Trinajstić information content (AvgIpc) is 2.74. The van der Waals surface area contributed by atoms with Crippen LogP contribution in [0.2, 0.25) is 0 Å². The molecule has 0 saturated carbocycles. The normalized spacial score (nSPS) is 10.1. The van der Waals surface area contributed by atoms with Crippen molar-refractivity contribution in [2.24, 2.45) is 5.73 Å². The van der Waals surface area contributed by atoms with Gasteiger partial charge in [0.05, 0.1) is 23.1 Å². The first-order valence-electron chi connectivity index (χ1n) is 9.09. The number of benzene rings is 3. The molecule has 0 fully saturated rings. The van der Waals surface area contributed by atoms with E-state index in [-0.39, 0.29) is 23.5 Å². The van der Waals surface area contributed by atoms with E-state index in [1.54, 1.807) is 18.2 Å². The van der Waals surface area contributed by atoms with Crippen molar-refractivity contribution in [2.75, 3.05) is 16.8 Å². The number of anilines is 3. The van der Waals surface area contributed by atoms with Gasteiger partial charge >= 0.3 is 0 Å². The Balaban J connectivity index is 1.90. The van der Waals surface area contributed by atoms with Gasteiger partial charge in [0.25, 0.3) is 5.69 Å². The van der Waals surface area contributed by atoms with E-state index in [0.717, 1.165) is 11.3 Å². The average molecular weight is 401 g/mol. The van der Waals surface area contributed by atoms with Crippen molar-refractivity contribution in [3.8, 4) is 6.07 Å². The van der Waals surface area contributed by atoms with E-state index in [1.165, 1.54) is 18.2 Å². The van der Waals surface area contributed by atoms with E-state index in [0.29, 0.717) is 12.2 Å². The molecule has 0 spiro atoms. The Morgan fingerprint density at radius 3 is 2.53 bits per heavy atom. The van der Waals surface area contributed by atoms with Crippen molar-refractivity contribution in [2.45, 2.75) is 6.54 Å². The van der Waals surface area contributed by atoms with Gasteiger partial charge in [-0.05, 0) is 35.9 Å². The molecule has 0 bridgehead atoms. The van der Waals surface area contributed by atoms with E-state index >= 15 is 0 Å². The molecule has 150 valence electrons. The van der Waals surface area contributed by atoms with Crippen LogP contribution in [0, 0.1) is 21.4 Å². The van der Waals surface area contributed by atoms with Crippen molar-refractivity contribution in [3.63, 3.8) is 0 Å². The lowest BCUT2D eigenvalue weighted by atomic mass is 10.1. The summed E-state index contributed by atoms with van der Waals surface area (Å²) in [4.78, 5) is 24.3. The van der Waals surface area contributed by atoms with Crippen LogP contribution in [0.3, 0.4) is 0 Å². The fraction of sp³-hybridized carbons (Fsp3) is 0.0909. The molecule has 3 N–H and O–H groups in total. The zero-order valence-corrected chi connectivity index (χ0v) is 16.0. The molecule has 0 aliphatic heterocycles. The summed E-state index contributed by atoms with van der Waals surface area (Å²) in [5.41, 5.74) is 8.05. The highest BCUT2D eigenvalue weighted by atomic mass is 16.6. The third-order valence-electron chi connectivity index (χ3n) is 4.38. The lowest BCUT2D eigenvalue weighted by Crippen LogP contribution is -2.33. The maximum atomic E-state index is 11.6. The molecule has 0 radical (unpaired) electrons. The molecule has 3 rings (SSSR count). The van der Waals surface area contributed by atoms with E-state index in [2.05, 4.69) is 5.32 Å². The van der Waals surface area contributed by atoms with Crippen LogP contribution < -0.4 is 16.0 Å². The molecule has 0 saturated heterocycles. The summed E-state index contributed by atoms with van der Waals surface area (Å²) in [6.07, 6.45) is 0. The van der Waals surface area contributed by atoms with Gasteiger partial charge in [0.15, 0.2) is 0 Å². The van der Waals surface area contributed by atoms with E-state index < -0.39 is 10.8 Å². The van der Waals surface area contributed by atoms with Gasteiger partial charge in [-0.3, -0.25) is 14.9 Å². The molecule has 0 heterocycles. The number of primary amides is 1. The number of amides is 1. The second kappa shape index (κ2) is 9.21. The number of nitrogens with zero attached hydrogens (tertiary/aromatic N) is 3. The number of nitrogens with two attached hydrogens (primary N) is 1. The minimum Gasteiger partial charge on any atom is -0.368 e. The smallest absolute Gasteiger partial charge is 0.293 e. The maximum absolute atomic E-state index is 11.6. The van der Waals surface area contributed by atoms with Gasteiger partial charge < -0.3 is 16.0 Å². The number of rotatable bonds is 8. The standard InChI is InChI=1S/C22H19N5O3/c23-13-17-9-10-20(21(11-17)27(29)30)25-18-7-4-8-19(12-18)26(15-22(24)28)14-16-5-2-1-3-6-16/h1-12,25H,14-15H2,(H2,24,28). The van der Waals surface area contributed by atoms with Crippen LogP contribution in [-0.2, 0) is 11.3 Å². The summed E-state index contributed by atoms with van der Waals surface area (Å²) in [5, 5.41) is 23.4. The van der Waals surface area contributed by atoms with Gasteiger partial charge in [0.2, 0.25) is 5.91 Å². The van der Waals surface area contributed by atoms with Gasteiger partial charge in [-0.1, -0.05) is 36.4 Å². The van der Waals surface area contributed by atoms with Crippen molar-refractivity contribution in [1.29, 1.82) is 5.26 Å². The zero-order chi connectivity index (χ0) is 21.5. The molecule has 30 heavy (non-hydrogen) atoms. The fourth-order valence-electron chi connectivity index (χ4n) is 3.02. The van der Waals surface area contributed by atoms with Crippen LogP contribution in [0.4, 0.5) is 22.7 Å². The summed E-state index contributed by atoms with van der Waals surface area (Å²) in [6, 6.07) is 22.9. The molecule has 0 aliphatic carbocycles. The second-order valence-corrected chi connectivity index (χ2v) is 6.58. The van der Waals surface area contributed by atoms with Gasteiger partial charge in [-0.25, -0.2) is 0 Å². The largest absolute Gasteiger partial charge is 0.368 e. The topological polar surface area (TPSA) is 125 Å². The third kappa shape index (κ3) is 5.11. The Morgan fingerprint density at radius 2 is 1.87 bits per heavy atom. The third-order valence-corrected chi connectivity index (χ3v) is 4.38. The molecule has 8 heteroatoms. The quantitative estimate of drug-likeness (QED) is 0.438. The Labute approximate surface area is 173 Å². The number of nitro benzene ring substituents is 1. The first-order valence-corrected chi connectivity index (χ1v) is 9.09. The molecule has 0 unspecified atom stereocenters. The fourth-order valence-corrected chi connectivity index (χ4v) is 3.02. The number of nitriles is 1. The highest BCUT2D eigenvalue weighted by Gasteiger charge is 2.16. The predicted molar refractivity (Wildman–Crippen MR) is 114 cm³/mol. The molecular weight excluding hydrogens is 382 g/mol. The Hall–Kier alpha value is -4.38. The molecule has 0 aliphatic rings. The van der Waals surface area contributed by atoms with Crippen molar-refractivity contribution in [1.82, 2.24) is 0 Å². The van der Waals surface area contributed by atoms with Crippen LogP contribution in [0.1, 0.15) is 11.1 Å². The number of carbonyl (C=O) groups is 1. The number of nitrogens with one attached hydrogen (secondary N) is 1. The SMILES string of the molecule is N#Cc1ccc(Nc2cccc(N(CC(N)=O)Cc3ccccc3)c2)c([N+](=O)[O-])c1. The van der Waals surface area contributed by atoms with Gasteiger partial charge in [-0.15, -0.1) is 0 Å². The van der Waals surface area contributed by atoms with Crippen LogP contribution >= 0.6 is 0 Å². The van der Waals surface area contributed by atoms with Crippen molar-refractivity contribution < 1.29 is 9.72 Å². The Morgan fingerprint density at radius 1 is 1.10 bits per heavy atom. The van der Waals surface area contributed by atoms with Crippen LogP contribution in [-0.4, -0.2) is 17.4 Å². The van der Waals surface area contributed by atoms with Crippen LogP contribution in [0.15, 0.2) is 72.8 Å². The Bertz CT molecular complexity index is 1110. The Kier molecular flexibility index (Phi) is 6.25. The predicted octanol–water partition coefficient (Wildman–Crippen LogP) is 3.70. The van der Waals surface area contributed by atoms with Gasteiger partial charge in [-0.2, -0.15) is 5.26 Å². The summed E-state index contributed by atoms with van der Waals surface area (Å²) < 4.78 is 0. The molecule has 0 aromatic heterocycles. The molecule has 8 nitrogen and oxygen atoms in total. The molecular formula is C22H19N5O3. The first kappa shape index (κ1) is 20.4. The highest BCUT2D eigenvalue weighted by molar-refractivity contribution is 5.80. The molecule has 3 aromatic rings. The maximum Gasteiger partial charge on any atom is 0.293 e. The zero-order valence-electron chi connectivity index (χ0n) is 16.0. The molecule has 0 atom stereocenters.